The lowest BCUT2D eigenvalue weighted by atomic mass is 10.1. The van der Waals surface area contributed by atoms with Gasteiger partial charge in [0.1, 0.15) is 11.6 Å². The van der Waals surface area contributed by atoms with Crippen molar-refractivity contribution in [2.45, 2.75) is 52.2 Å². The molecule has 0 amide bonds. The highest BCUT2D eigenvalue weighted by Crippen LogP contribution is 2.20. The van der Waals surface area contributed by atoms with Crippen molar-refractivity contribution in [3.63, 3.8) is 0 Å². The fourth-order valence-electron chi connectivity index (χ4n) is 2.47. The molecule has 1 aliphatic heterocycles. The lowest BCUT2D eigenvalue weighted by Gasteiger charge is -2.27. The summed E-state index contributed by atoms with van der Waals surface area (Å²) < 4.78 is 5.73. The summed E-state index contributed by atoms with van der Waals surface area (Å²) >= 11 is 0. The molecule has 0 bridgehead atoms. The van der Waals surface area contributed by atoms with E-state index in [1.165, 1.54) is 6.42 Å². The van der Waals surface area contributed by atoms with Crippen LogP contribution < -0.4 is 10.2 Å². The Balaban J connectivity index is 2.06. The molecule has 4 heteroatoms. The third-order valence-corrected chi connectivity index (χ3v) is 3.39. The molecule has 20 heavy (non-hydrogen) atoms. The topological polar surface area (TPSA) is 37.4 Å². The molecular weight excluding hydrogens is 250 g/mol. The van der Waals surface area contributed by atoms with Gasteiger partial charge in [0.15, 0.2) is 0 Å². The van der Waals surface area contributed by atoms with Crippen molar-refractivity contribution in [2.75, 3.05) is 29.9 Å². The molecule has 1 aliphatic rings. The predicted molar refractivity (Wildman–Crippen MR) is 84.5 cm³/mol. The summed E-state index contributed by atoms with van der Waals surface area (Å²) in [5, 5.41) is 3.43. The second-order valence-electron chi connectivity index (χ2n) is 6.43. The van der Waals surface area contributed by atoms with Gasteiger partial charge >= 0.3 is 0 Å². The quantitative estimate of drug-likeness (QED) is 0.896. The van der Waals surface area contributed by atoms with E-state index in [9.17, 15) is 0 Å². The van der Waals surface area contributed by atoms with Gasteiger partial charge < -0.3 is 15.0 Å². The van der Waals surface area contributed by atoms with Crippen molar-refractivity contribution < 1.29 is 4.74 Å². The van der Waals surface area contributed by atoms with Crippen LogP contribution in [0.3, 0.4) is 0 Å². The minimum atomic E-state index is 0.0250. The van der Waals surface area contributed by atoms with Crippen LogP contribution in [0.5, 0.6) is 0 Å². The van der Waals surface area contributed by atoms with Crippen molar-refractivity contribution >= 4 is 11.6 Å². The molecule has 1 N–H and O–H groups in total. The van der Waals surface area contributed by atoms with Crippen LogP contribution >= 0.6 is 0 Å². The van der Waals surface area contributed by atoms with E-state index in [1.807, 2.05) is 6.07 Å². The summed E-state index contributed by atoms with van der Waals surface area (Å²) in [4.78, 5) is 7.03. The maximum absolute atomic E-state index is 5.73. The Morgan fingerprint density at radius 2 is 2.20 bits per heavy atom. The average molecular weight is 277 g/mol. The summed E-state index contributed by atoms with van der Waals surface area (Å²) in [6, 6.07) is 6.16. The number of ether oxygens (including phenoxy) is 1. The van der Waals surface area contributed by atoms with Crippen LogP contribution in [0, 0.1) is 0 Å². The number of rotatable bonds is 5. The Kier molecular flexibility index (Phi) is 4.86. The van der Waals surface area contributed by atoms with E-state index < -0.39 is 0 Å². The molecule has 112 valence electrons. The molecule has 0 aromatic carbocycles. The maximum atomic E-state index is 5.73. The fourth-order valence-corrected chi connectivity index (χ4v) is 2.47. The molecule has 2 rings (SSSR count). The maximum Gasteiger partial charge on any atom is 0.131 e. The van der Waals surface area contributed by atoms with E-state index in [0.29, 0.717) is 6.10 Å². The van der Waals surface area contributed by atoms with E-state index in [4.69, 9.17) is 9.72 Å². The zero-order valence-electron chi connectivity index (χ0n) is 13.1. The number of nitrogens with one attached hydrogen (secondary N) is 1. The Labute approximate surface area is 122 Å². The highest BCUT2D eigenvalue weighted by molar-refractivity contribution is 5.48. The first kappa shape index (κ1) is 15.1. The van der Waals surface area contributed by atoms with Crippen LogP contribution in [0.1, 0.15) is 40.5 Å². The van der Waals surface area contributed by atoms with E-state index in [1.54, 1.807) is 0 Å². The van der Waals surface area contributed by atoms with Gasteiger partial charge in [-0.1, -0.05) is 6.07 Å². The molecule has 1 atom stereocenters. The van der Waals surface area contributed by atoms with Gasteiger partial charge in [0.05, 0.1) is 6.10 Å². The molecule has 1 aromatic rings. The Bertz CT molecular complexity index is 422. The number of likely N-dealkylation sites (N-methyl/N-ethyl adjacent to an activating group) is 1. The second-order valence-corrected chi connectivity index (χ2v) is 6.43. The van der Waals surface area contributed by atoms with Crippen LogP contribution in [0.15, 0.2) is 18.2 Å². The zero-order chi connectivity index (χ0) is 14.6. The second kappa shape index (κ2) is 6.44. The predicted octanol–water partition coefficient (Wildman–Crippen LogP) is 3.30. The standard InChI is InChI=1S/C16H27N3O/c1-5-19(12-13-8-7-11-20-13)15-10-6-9-14(17-15)18-16(2,3)4/h6,9-10,13H,5,7-8,11-12H2,1-4H3,(H,17,18). The molecule has 0 spiro atoms. The molecule has 1 saturated heterocycles. The van der Waals surface area contributed by atoms with E-state index in [2.05, 4.69) is 50.0 Å². The first-order chi connectivity index (χ1) is 9.48. The summed E-state index contributed by atoms with van der Waals surface area (Å²) in [5.74, 6) is 1.96. The lowest BCUT2D eigenvalue weighted by molar-refractivity contribution is 0.115. The highest BCUT2D eigenvalue weighted by Gasteiger charge is 2.19. The number of pyridine rings is 1. The van der Waals surface area contributed by atoms with Gasteiger partial charge in [0.25, 0.3) is 0 Å². The number of hydrogen-bond donors (Lipinski definition) is 1. The molecular formula is C16H27N3O. The number of nitrogens with zero attached hydrogens (tertiary/aromatic N) is 2. The van der Waals surface area contributed by atoms with Crippen molar-refractivity contribution in [3.8, 4) is 0 Å². The Morgan fingerprint density at radius 3 is 2.80 bits per heavy atom. The smallest absolute Gasteiger partial charge is 0.131 e. The zero-order valence-corrected chi connectivity index (χ0v) is 13.1. The van der Waals surface area contributed by atoms with Gasteiger partial charge in [-0.15, -0.1) is 0 Å². The van der Waals surface area contributed by atoms with Crippen molar-refractivity contribution in [1.29, 1.82) is 0 Å². The molecule has 1 unspecified atom stereocenters. The number of anilines is 2. The Morgan fingerprint density at radius 1 is 1.40 bits per heavy atom. The van der Waals surface area contributed by atoms with Gasteiger partial charge in [0.2, 0.25) is 0 Å². The third kappa shape index (κ3) is 4.37. The molecule has 0 aliphatic carbocycles. The van der Waals surface area contributed by atoms with E-state index in [0.717, 1.165) is 37.8 Å². The highest BCUT2D eigenvalue weighted by atomic mass is 16.5. The van der Waals surface area contributed by atoms with Gasteiger partial charge in [-0.3, -0.25) is 0 Å². The largest absolute Gasteiger partial charge is 0.376 e. The van der Waals surface area contributed by atoms with E-state index in [-0.39, 0.29) is 5.54 Å². The monoisotopic (exact) mass is 277 g/mol. The minimum Gasteiger partial charge on any atom is -0.376 e. The number of aromatic nitrogens is 1. The van der Waals surface area contributed by atoms with Crippen LogP contribution in [-0.4, -0.2) is 36.3 Å². The van der Waals surface area contributed by atoms with Crippen LogP contribution in [0.25, 0.3) is 0 Å². The first-order valence-electron chi connectivity index (χ1n) is 7.60. The van der Waals surface area contributed by atoms with Crippen LogP contribution in [0.2, 0.25) is 0 Å². The average Bonchev–Trinajstić information content (AvgIpc) is 2.87. The molecule has 1 fully saturated rings. The van der Waals surface area contributed by atoms with Crippen molar-refractivity contribution in [2.24, 2.45) is 0 Å². The normalized spacial score (nSPS) is 19.1. The molecule has 2 heterocycles. The molecule has 4 nitrogen and oxygen atoms in total. The molecule has 0 saturated carbocycles. The Hall–Kier alpha value is -1.29. The SMILES string of the molecule is CCN(CC1CCCO1)c1cccc(NC(C)(C)C)n1. The molecule has 0 radical (unpaired) electrons. The minimum absolute atomic E-state index is 0.0250. The van der Waals surface area contributed by atoms with Gasteiger partial charge in [-0.2, -0.15) is 0 Å². The van der Waals surface area contributed by atoms with Gasteiger partial charge in [-0.05, 0) is 52.7 Å². The van der Waals surface area contributed by atoms with Crippen LogP contribution in [0.4, 0.5) is 11.6 Å². The van der Waals surface area contributed by atoms with Crippen molar-refractivity contribution in [1.82, 2.24) is 4.98 Å². The summed E-state index contributed by atoms with van der Waals surface area (Å²) in [7, 11) is 0. The van der Waals surface area contributed by atoms with Crippen molar-refractivity contribution in [3.05, 3.63) is 18.2 Å². The third-order valence-electron chi connectivity index (χ3n) is 3.39. The first-order valence-corrected chi connectivity index (χ1v) is 7.60. The lowest BCUT2D eigenvalue weighted by Crippen LogP contribution is -2.33. The van der Waals surface area contributed by atoms with Crippen LogP contribution in [-0.2, 0) is 4.74 Å². The fraction of sp³-hybridized carbons (Fsp3) is 0.688. The summed E-state index contributed by atoms with van der Waals surface area (Å²) in [6.45, 7) is 11.4. The molecule has 1 aromatic heterocycles. The summed E-state index contributed by atoms with van der Waals surface area (Å²) in [6.07, 6.45) is 2.70. The van der Waals surface area contributed by atoms with Gasteiger partial charge in [-0.25, -0.2) is 4.98 Å². The summed E-state index contributed by atoms with van der Waals surface area (Å²) in [5.41, 5.74) is 0.0250. The van der Waals surface area contributed by atoms with E-state index >= 15 is 0 Å². The number of hydrogen-bond acceptors (Lipinski definition) is 4. The van der Waals surface area contributed by atoms with Gasteiger partial charge in [0, 0.05) is 25.2 Å².